The van der Waals surface area contributed by atoms with Gasteiger partial charge < -0.3 is 19.7 Å². The fraction of sp³-hybridized carbons (Fsp3) is 0.511. The highest BCUT2D eigenvalue weighted by Crippen LogP contribution is 2.47. The van der Waals surface area contributed by atoms with E-state index in [1.807, 2.05) is 86.4 Å². The number of alkyl carbamates (subject to hydrolysis) is 1. The van der Waals surface area contributed by atoms with Crippen LogP contribution in [-0.4, -0.2) is 56.4 Å². The number of benzene rings is 3. The molecule has 10 heteroatoms. The van der Waals surface area contributed by atoms with Crippen LogP contribution in [0.4, 0.5) is 9.18 Å². The lowest BCUT2D eigenvalue weighted by atomic mass is 9.63. The second kappa shape index (κ2) is 18.7. The standard InChI is InChI=1S/C45H58FN5O4/c1-44(2,3)55-43(53)49-40(29-35-16-22-41(23-17-35)54-30-36-10-6-4-7-11-36)21-18-37(28-34-14-19-39(46)20-15-34)42(52)50-26-24-45(25-27-50,31-51-33-47-32-48-51)38-12-8-5-9-13-38/h4,6-7,10-11,14-17,19-20,22-23,32-33,37-38,40H,5,8-9,12-13,18,21,24-31H2,1-3H3,(H,49,53)/t37-,40?/m1/s1. The molecule has 1 aliphatic carbocycles. The minimum atomic E-state index is -0.650. The van der Waals surface area contributed by atoms with Gasteiger partial charge in [0.05, 0.1) is 0 Å². The van der Waals surface area contributed by atoms with Crippen LogP contribution in [0.1, 0.15) is 95.2 Å². The zero-order valence-electron chi connectivity index (χ0n) is 32.8. The van der Waals surface area contributed by atoms with E-state index in [1.54, 1.807) is 18.5 Å². The molecule has 0 bridgehead atoms. The van der Waals surface area contributed by atoms with Crippen molar-refractivity contribution in [1.29, 1.82) is 0 Å². The molecule has 294 valence electrons. The van der Waals surface area contributed by atoms with Gasteiger partial charge in [0.15, 0.2) is 0 Å². The maximum Gasteiger partial charge on any atom is 0.407 e. The molecule has 0 radical (unpaired) electrons. The Morgan fingerprint density at radius 3 is 2.20 bits per heavy atom. The summed E-state index contributed by atoms with van der Waals surface area (Å²) in [5, 5.41) is 7.59. The van der Waals surface area contributed by atoms with Gasteiger partial charge in [0.1, 0.15) is 36.4 Å². The maximum absolute atomic E-state index is 14.6. The number of carbonyl (C=O) groups excluding carboxylic acids is 2. The smallest absolute Gasteiger partial charge is 0.407 e. The van der Waals surface area contributed by atoms with Gasteiger partial charge in [0.25, 0.3) is 0 Å². The minimum absolute atomic E-state index is 0.0852. The van der Waals surface area contributed by atoms with E-state index in [2.05, 4.69) is 20.3 Å². The second-order valence-corrected chi connectivity index (χ2v) is 16.7. The third-order valence-electron chi connectivity index (χ3n) is 11.5. The largest absolute Gasteiger partial charge is 0.489 e. The highest BCUT2D eigenvalue weighted by atomic mass is 19.1. The van der Waals surface area contributed by atoms with Crippen molar-refractivity contribution < 1.29 is 23.5 Å². The summed E-state index contributed by atoms with van der Waals surface area (Å²) in [7, 11) is 0. The van der Waals surface area contributed by atoms with Crippen molar-refractivity contribution in [2.24, 2.45) is 17.3 Å². The average Bonchev–Trinajstić information content (AvgIpc) is 3.70. The molecule has 1 unspecified atom stereocenters. The Bertz CT molecular complexity index is 1760. The van der Waals surface area contributed by atoms with Crippen LogP contribution in [0, 0.1) is 23.1 Å². The van der Waals surface area contributed by atoms with E-state index in [-0.39, 0.29) is 29.1 Å². The highest BCUT2D eigenvalue weighted by Gasteiger charge is 2.43. The molecule has 0 spiro atoms. The molecule has 2 heterocycles. The van der Waals surface area contributed by atoms with Gasteiger partial charge in [-0.15, -0.1) is 0 Å². The van der Waals surface area contributed by atoms with E-state index >= 15 is 0 Å². The van der Waals surface area contributed by atoms with E-state index in [0.29, 0.717) is 51.3 Å². The van der Waals surface area contributed by atoms with Crippen molar-refractivity contribution in [1.82, 2.24) is 25.0 Å². The third kappa shape index (κ3) is 11.9. The van der Waals surface area contributed by atoms with Crippen LogP contribution in [0.5, 0.6) is 5.75 Å². The lowest BCUT2D eigenvalue weighted by molar-refractivity contribution is -0.139. The van der Waals surface area contributed by atoms with Gasteiger partial charge in [-0.3, -0.25) is 9.48 Å². The molecule has 2 atom stereocenters. The topological polar surface area (TPSA) is 98.6 Å². The zero-order chi connectivity index (χ0) is 38.7. The molecule has 1 saturated heterocycles. The molecular formula is C45H58FN5O4. The molecule has 3 aromatic carbocycles. The Morgan fingerprint density at radius 2 is 1.55 bits per heavy atom. The van der Waals surface area contributed by atoms with Gasteiger partial charge in [-0.1, -0.05) is 73.9 Å². The van der Waals surface area contributed by atoms with Gasteiger partial charge in [0.2, 0.25) is 5.91 Å². The van der Waals surface area contributed by atoms with Crippen molar-refractivity contribution in [3.8, 4) is 5.75 Å². The number of aromatic nitrogens is 3. The van der Waals surface area contributed by atoms with Gasteiger partial charge in [0, 0.05) is 31.6 Å². The normalized spacial score (nSPS) is 17.3. The maximum atomic E-state index is 14.6. The first-order valence-corrected chi connectivity index (χ1v) is 20.1. The van der Waals surface area contributed by atoms with Crippen molar-refractivity contribution in [3.63, 3.8) is 0 Å². The third-order valence-corrected chi connectivity index (χ3v) is 11.5. The Hall–Kier alpha value is -4.73. The van der Waals surface area contributed by atoms with E-state index in [0.717, 1.165) is 41.8 Å². The fourth-order valence-electron chi connectivity index (χ4n) is 8.54. The van der Waals surface area contributed by atoms with Gasteiger partial charge >= 0.3 is 6.09 Å². The van der Waals surface area contributed by atoms with E-state index in [9.17, 15) is 14.0 Å². The number of rotatable bonds is 15. The van der Waals surface area contributed by atoms with Crippen LogP contribution in [0.3, 0.4) is 0 Å². The molecule has 1 aromatic heterocycles. The van der Waals surface area contributed by atoms with Crippen LogP contribution in [0.2, 0.25) is 0 Å². The SMILES string of the molecule is CC(C)(C)OC(=O)NC(CC[C@H](Cc1ccc(F)cc1)C(=O)N1CCC(Cn2cncn2)(C2CCCCC2)CC1)Cc1ccc(OCc2ccccc2)cc1. The number of nitrogens with one attached hydrogen (secondary N) is 1. The number of amides is 2. The number of likely N-dealkylation sites (tertiary alicyclic amines) is 1. The number of halogens is 1. The summed E-state index contributed by atoms with van der Waals surface area (Å²) < 4.78 is 27.6. The Balaban J connectivity index is 1.15. The molecule has 2 aliphatic rings. The molecular weight excluding hydrogens is 694 g/mol. The number of hydrogen-bond acceptors (Lipinski definition) is 6. The highest BCUT2D eigenvalue weighted by molar-refractivity contribution is 5.79. The number of piperidine rings is 1. The lowest BCUT2D eigenvalue weighted by Crippen LogP contribution is -2.50. The van der Waals surface area contributed by atoms with Crippen LogP contribution >= 0.6 is 0 Å². The average molecular weight is 752 g/mol. The number of nitrogens with zero attached hydrogens (tertiary/aromatic N) is 4. The predicted molar refractivity (Wildman–Crippen MR) is 212 cm³/mol. The van der Waals surface area contributed by atoms with E-state index in [4.69, 9.17) is 9.47 Å². The molecule has 55 heavy (non-hydrogen) atoms. The molecule has 1 aliphatic heterocycles. The Morgan fingerprint density at radius 1 is 0.873 bits per heavy atom. The summed E-state index contributed by atoms with van der Waals surface area (Å²) in [6, 6.07) is 24.2. The fourth-order valence-corrected chi connectivity index (χ4v) is 8.54. The first kappa shape index (κ1) is 39.9. The lowest BCUT2D eigenvalue weighted by Gasteiger charge is -2.48. The van der Waals surface area contributed by atoms with Crippen molar-refractivity contribution in [3.05, 3.63) is 114 Å². The number of hydrogen-bond donors (Lipinski definition) is 1. The van der Waals surface area contributed by atoms with Crippen molar-refractivity contribution in [2.45, 2.75) is 116 Å². The summed E-state index contributed by atoms with van der Waals surface area (Å²) >= 11 is 0. The Labute approximate surface area is 326 Å². The number of carbonyl (C=O) groups is 2. The molecule has 6 rings (SSSR count). The Kier molecular flexibility index (Phi) is 13.6. The van der Waals surface area contributed by atoms with Crippen LogP contribution in [-0.2, 0) is 35.5 Å². The van der Waals surface area contributed by atoms with Gasteiger partial charge in [-0.25, -0.2) is 14.2 Å². The van der Waals surface area contributed by atoms with Gasteiger partial charge in [-0.2, -0.15) is 5.10 Å². The van der Waals surface area contributed by atoms with Crippen molar-refractivity contribution >= 4 is 12.0 Å². The first-order valence-electron chi connectivity index (χ1n) is 20.1. The van der Waals surface area contributed by atoms with Crippen LogP contribution in [0.25, 0.3) is 0 Å². The van der Waals surface area contributed by atoms with Crippen molar-refractivity contribution in [2.75, 3.05) is 13.1 Å². The molecule has 1 saturated carbocycles. The van der Waals surface area contributed by atoms with Gasteiger partial charge in [-0.05, 0) is 124 Å². The summed E-state index contributed by atoms with van der Waals surface area (Å²) in [5.74, 6) is 0.872. The minimum Gasteiger partial charge on any atom is -0.489 e. The summed E-state index contributed by atoms with van der Waals surface area (Å²) in [6.07, 6.45) is 13.2. The monoisotopic (exact) mass is 751 g/mol. The quantitative estimate of drug-likeness (QED) is 0.130. The summed E-state index contributed by atoms with van der Waals surface area (Å²) in [5.41, 5.74) is 2.49. The molecule has 9 nitrogen and oxygen atoms in total. The zero-order valence-corrected chi connectivity index (χ0v) is 32.8. The molecule has 2 fully saturated rings. The molecule has 2 amide bonds. The first-order chi connectivity index (χ1) is 26.5. The summed E-state index contributed by atoms with van der Waals surface area (Å²) in [6.45, 7) is 8.25. The van der Waals surface area contributed by atoms with E-state index in [1.165, 1.54) is 44.2 Å². The summed E-state index contributed by atoms with van der Waals surface area (Å²) in [4.78, 5) is 33.9. The number of ether oxygens (including phenoxy) is 2. The molecule has 4 aromatic rings. The second-order valence-electron chi connectivity index (χ2n) is 16.7. The predicted octanol–water partition coefficient (Wildman–Crippen LogP) is 8.96. The van der Waals surface area contributed by atoms with Crippen LogP contribution < -0.4 is 10.1 Å². The van der Waals surface area contributed by atoms with Crippen LogP contribution in [0.15, 0.2) is 91.5 Å². The molecule has 1 N–H and O–H groups in total. The van der Waals surface area contributed by atoms with E-state index < -0.39 is 11.7 Å².